The largest absolute Gasteiger partial charge is 0.433 e. The molecule has 114 valence electrons. The Morgan fingerprint density at radius 2 is 1.90 bits per heavy atom. The smallest absolute Gasteiger partial charge is 0.370 e. The molecule has 0 aromatic carbocycles. The number of anilines is 1. The number of hydrogen-bond donors (Lipinski definition) is 1. The van der Waals surface area contributed by atoms with Gasteiger partial charge in [-0.3, -0.25) is 0 Å². The molecule has 0 fully saturated rings. The molecule has 0 radical (unpaired) electrons. The Hall–Kier alpha value is -2.19. The highest BCUT2D eigenvalue weighted by Gasteiger charge is 2.33. The Kier molecular flexibility index (Phi) is 4.39. The Bertz CT molecular complexity index is 611. The Morgan fingerprint density at radius 1 is 1.14 bits per heavy atom. The van der Waals surface area contributed by atoms with Crippen molar-refractivity contribution in [3.63, 3.8) is 0 Å². The van der Waals surface area contributed by atoms with Crippen LogP contribution >= 0.6 is 0 Å². The molecule has 9 heteroatoms. The fourth-order valence-electron chi connectivity index (χ4n) is 1.70. The zero-order chi connectivity index (χ0) is 15.5. The van der Waals surface area contributed by atoms with Crippen molar-refractivity contribution in [3.8, 4) is 0 Å². The number of nitrogens with one attached hydrogen (secondary N) is 1. The average molecular weight is 301 g/mol. The van der Waals surface area contributed by atoms with E-state index in [9.17, 15) is 13.2 Å². The first-order chi connectivity index (χ1) is 9.84. The molecule has 2 aromatic rings. The van der Waals surface area contributed by atoms with Gasteiger partial charge in [-0.25, -0.2) is 9.97 Å². The molecule has 2 aromatic heterocycles. The summed E-state index contributed by atoms with van der Waals surface area (Å²) >= 11 is 0. The summed E-state index contributed by atoms with van der Waals surface area (Å²) in [5.74, 6) is 1.28. The van der Waals surface area contributed by atoms with E-state index in [4.69, 9.17) is 4.52 Å². The third kappa shape index (κ3) is 4.40. The van der Waals surface area contributed by atoms with Crippen LogP contribution in [0.5, 0.6) is 0 Å². The first kappa shape index (κ1) is 15.2. The summed E-state index contributed by atoms with van der Waals surface area (Å²) in [5.41, 5.74) is -0.954. The normalized spacial score (nSPS) is 11.7. The van der Waals surface area contributed by atoms with Crippen LogP contribution in [0.15, 0.2) is 10.6 Å². The van der Waals surface area contributed by atoms with Crippen molar-refractivity contribution >= 4 is 5.82 Å². The highest BCUT2D eigenvalue weighted by Crippen LogP contribution is 2.28. The minimum atomic E-state index is -4.48. The third-order valence-electron chi connectivity index (χ3n) is 2.57. The summed E-state index contributed by atoms with van der Waals surface area (Å²) in [7, 11) is 0. The minimum Gasteiger partial charge on any atom is -0.370 e. The van der Waals surface area contributed by atoms with E-state index >= 15 is 0 Å². The lowest BCUT2D eigenvalue weighted by atomic mass is 10.3. The van der Waals surface area contributed by atoms with E-state index in [1.165, 1.54) is 6.92 Å². The summed E-state index contributed by atoms with van der Waals surface area (Å²) < 4.78 is 42.8. The zero-order valence-corrected chi connectivity index (χ0v) is 11.5. The van der Waals surface area contributed by atoms with Crippen molar-refractivity contribution in [1.82, 2.24) is 20.1 Å². The molecular formula is C12H14F3N5O. The maximum atomic E-state index is 12.6. The number of nitrogens with zero attached hydrogens (tertiary/aromatic N) is 4. The molecule has 0 aliphatic rings. The number of halogens is 3. The Balaban J connectivity index is 1.89. The van der Waals surface area contributed by atoms with Gasteiger partial charge in [0.25, 0.3) is 0 Å². The van der Waals surface area contributed by atoms with Gasteiger partial charge in [0.2, 0.25) is 5.89 Å². The van der Waals surface area contributed by atoms with Gasteiger partial charge in [0.1, 0.15) is 17.3 Å². The van der Waals surface area contributed by atoms with Crippen LogP contribution in [0.25, 0.3) is 0 Å². The van der Waals surface area contributed by atoms with Crippen LogP contribution < -0.4 is 5.32 Å². The summed E-state index contributed by atoms with van der Waals surface area (Å²) in [6.07, 6.45) is -3.30. The predicted molar refractivity (Wildman–Crippen MR) is 67.6 cm³/mol. The lowest BCUT2D eigenvalue weighted by Crippen LogP contribution is -2.13. The van der Waals surface area contributed by atoms with Crippen LogP contribution in [-0.4, -0.2) is 26.7 Å². The monoisotopic (exact) mass is 301 g/mol. The molecule has 0 amide bonds. The van der Waals surface area contributed by atoms with E-state index in [1.807, 2.05) is 0 Å². The van der Waals surface area contributed by atoms with Gasteiger partial charge in [0.15, 0.2) is 5.82 Å². The SMILES string of the molecule is Cc1nc(NCCCc2nc(C)no2)cc(C(F)(F)F)n1. The quantitative estimate of drug-likeness (QED) is 0.855. The molecule has 21 heavy (non-hydrogen) atoms. The average Bonchev–Trinajstić information content (AvgIpc) is 2.79. The van der Waals surface area contributed by atoms with E-state index in [-0.39, 0.29) is 11.6 Å². The minimum absolute atomic E-state index is 0.0693. The second kappa shape index (κ2) is 6.06. The third-order valence-corrected chi connectivity index (χ3v) is 2.57. The first-order valence-corrected chi connectivity index (χ1v) is 6.30. The second-order valence-corrected chi connectivity index (χ2v) is 4.45. The molecule has 1 N–H and O–H groups in total. The number of alkyl halides is 3. The number of hydrogen-bond acceptors (Lipinski definition) is 6. The van der Waals surface area contributed by atoms with Gasteiger partial charge in [-0.2, -0.15) is 18.2 Å². The van der Waals surface area contributed by atoms with Crippen LogP contribution in [0.2, 0.25) is 0 Å². The van der Waals surface area contributed by atoms with Crippen LogP contribution in [0.1, 0.15) is 29.7 Å². The summed E-state index contributed by atoms with van der Waals surface area (Å²) in [6.45, 7) is 3.57. The van der Waals surface area contributed by atoms with Crippen molar-refractivity contribution in [3.05, 3.63) is 29.3 Å². The maximum Gasteiger partial charge on any atom is 0.433 e. The van der Waals surface area contributed by atoms with Crippen LogP contribution in [0, 0.1) is 13.8 Å². The molecule has 6 nitrogen and oxygen atoms in total. The second-order valence-electron chi connectivity index (χ2n) is 4.45. The van der Waals surface area contributed by atoms with E-state index in [0.29, 0.717) is 31.1 Å². The molecule has 0 unspecified atom stereocenters. The number of aryl methyl sites for hydroxylation is 3. The van der Waals surface area contributed by atoms with Gasteiger partial charge in [0, 0.05) is 19.0 Å². The standard InChI is InChI=1S/C12H14F3N5O/c1-7-17-9(12(13,14)15)6-10(18-7)16-5-3-4-11-19-8(2)20-21-11/h6H,3-5H2,1-2H3,(H,16,17,18). The predicted octanol–water partition coefficient (Wildman–Crippen LogP) is 2.54. The van der Waals surface area contributed by atoms with Gasteiger partial charge >= 0.3 is 6.18 Å². The molecule has 0 saturated heterocycles. The molecule has 0 atom stereocenters. The van der Waals surface area contributed by atoms with Gasteiger partial charge in [0.05, 0.1) is 0 Å². The van der Waals surface area contributed by atoms with Crippen LogP contribution in [0.4, 0.5) is 19.0 Å². The summed E-state index contributed by atoms with van der Waals surface area (Å²) in [6, 6.07) is 0.893. The van der Waals surface area contributed by atoms with E-state index in [2.05, 4.69) is 25.4 Å². The molecule has 2 heterocycles. The molecule has 0 saturated carbocycles. The number of aromatic nitrogens is 4. The van der Waals surface area contributed by atoms with E-state index < -0.39 is 11.9 Å². The first-order valence-electron chi connectivity index (χ1n) is 6.30. The van der Waals surface area contributed by atoms with Crippen molar-refractivity contribution in [2.45, 2.75) is 32.9 Å². The highest BCUT2D eigenvalue weighted by molar-refractivity contribution is 5.36. The number of rotatable bonds is 5. The van der Waals surface area contributed by atoms with Crippen molar-refractivity contribution in [1.29, 1.82) is 0 Å². The summed E-state index contributed by atoms with van der Waals surface area (Å²) in [5, 5.41) is 6.49. The van der Waals surface area contributed by atoms with Crippen molar-refractivity contribution in [2.24, 2.45) is 0 Å². The van der Waals surface area contributed by atoms with Gasteiger partial charge < -0.3 is 9.84 Å². The van der Waals surface area contributed by atoms with Gasteiger partial charge in [-0.1, -0.05) is 5.16 Å². The van der Waals surface area contributed by atoms with Crippen molar-refractivity contribution in [2.75, 3.05) is 11.9 Å². The molecule has 0 aliphatic heterocycles. The fraction of sp³-hybridized carbons (Fsp3) is 0.500. The van der Waals surface area contributed by atoms with Gasteiger partial charge in [-0.05, 0) is 20.3 Å². The molecule has 0 bridgehead atoms. The van der Waals surface area contributed by atoms with E-state index in [0.717, 1.165) is 6.07 Å². The van der Waals surface area contributed by atoms with Crippen molar-refractivity contribution < 1.29 is 17.7 Å². The maximum absolute atomic E-state index is 12.6. The van der Waals surface area contributed by atoms with E-state index in [1.54, 1.807) is 6.92 Å². The van der Waals surface area contributed by atoms with Crippen LogP contribution in [0.3, 0.4) is 0 Å². The summed E-state index contributed by atoms with van der Waals surface area (Å²) in [4.78, 5) is 11.3. The lowest BCUT2D eigenvalue weighted by molar-refractivity contribution is -0.141. The highest BCUT2D eigenvalue weighted by atomic mass is 19.4. The zero-order valence-electron chi connectivity index (χ0n) is 11.5. The topological polar surface area (TPSA) is 76.7 Å². The Labute approximate surface area is 118 Å². The Morgan fingerprint density at radius 3 is 2.52 bits per heavy atom. The van der Waals surface area contributed by atoms with Crippen LogP contribution in [-0.2, 0) is 12.6 Å². The molecule has 0 aliphatic carbocycles. The molecule has 0 spiro atoms. The van der Waals surface area contributed by atoms with Gasteiger partial charge in [-0.15, -0.1) is 0 Å². The molecule has 2 rings (SSSR count). The lowest BCUT2D eigenvalue weighted by Gasteiger charge is -2.10. The molecular weight excluding hydrogens is 287 g/mol. The fourth-order valence-corrected chi connectivity index (χ4v) is 1.70.